The van der Waals surface area contributed by atoms with E-state index in [1.165, 1.54) is 18.4 Å². The maximum absolute atomic E-state index is 12.3. The fourth-order valence-electron chi connectivity index (χ4n) is 2.27. The van der Waals surface area contributed by atoms with Crippen LogP contribution in [0.1, 0.15) is 37.4 Å². The van der Waals surface area contributed by atoms with Gasteiger partial charge in [-0.15, -0.1) is 22.7 Å². The second kappa shape index (κ2) is 10.2. The van der Waals surface area contributed by atoms with Gasteiger partial charge in [-0.25, -0.2) is 9.59 Å². The molecule has 2 heterocycles. The number of carbonyl (C=O) groups excluding carboxylic acids is 3. The van der Waals surface area contributed by atoms with Gasteiger partial charge in [-0.05, 0) is 30.9 Å². The molecule has 1 N–H and O–H groups in total. The summed E-state index contributed by atoms with van der Waals surface area (Å²) in [6.07, 6.45) is 0.185. The molecule has 0 saturated heterocycles. The molecule has 0 aliphatic rings. The number of amides is 1. The van der Waals surface area contributed by atoms with Crippen molar-refractivity contribution in [2.75, 3.05) is 32.2 Å². The van der Waals surface area contributed by atoms with Crippen molar-refractivity contribution in [2.24, 2.45) is 0 Å². The standard InChI is InChI=1S/C18H21NO6S2/c1-4-24-17(21)14-11(2)15(18(22)25-8-7-23-3)27-16(14)19-13(20)10-12-6-5-9-26-12/h5-6,9H,4,7-8,10H2,1-3H3,(H,19,20). The van der Waals surface area contributed by atoms with Crippen LogP contribution in [-0.2, 0) is 25.4 Å². The first kappa shape index (κ1) is 21.1. The first-order valence-electron chi connectivity index (χ1n) is 8.26. The van der Waals surface area contributed by atoms with Gasteiger partial charge >= 0.3 is 11.9 Å². The quantitative estimate of drug-likeness (QED) is 0.503. The summed E-state index contributed by atoms with van der Waals surface area (Å²) in [5.74, 6) is -1.43. The van der Waals surface area contributed by atoms with Gasteiger partial charge in [0, 0.05) is 12.0 Å². The Morgan fingerprint density at radius 2 is 1.93 bits per heavy atom. The third kappa shape index (κ3) is 5.62. The number of esters is 2. The summed E-state index contributed by atoms with van der Waals surface area (Å²) in [7, 11) is 1.50. The SMILES string of the molecule is CCOC(=O)c1c(NC(=O)Cc2cccs2)sc(C(=O)OCCOC)c1C. The highest BCUT2D eigenvalue weighted by Crippen LogP contribution is 2.34. The molecule has 0 aliphatic heterocycles. The minimum Gasteiger partial charge on any atom is -0.462 e. The van der Waals surface area contributed by atoms with Crippen LogP contribution in [0.15, 0.2) is 17.5 Å². The van der Waals surface area contributed by atoms with Crippen LogP contribution in [0, 0.1) is 6.92 Å². The van der Waals surface area contributed by atoms with Crippen LogP contribution in [0.4, 0.5) is 5.00 Å². The van der Waals surface area contributed by atoms with E-state index >= 15 is 0 Å². The lowest BCUT2D eigenvalue weighted by Crippen LogP contribution is -2.16. The minimum absolute atomic E-state index is 0.0987. The number of anilines is 1. The fraction of sp³-hybridized carbons (Fsp3) is 0.389. The predicted octanol–water partition coefficient (Wildman–Crippen LogP) is 3.28. The Labute approximate surface area is 165 Å². The highest BCUT2D eigenvalue weighted by Gasteiger charge is 2.27. The van der Waals surface area contributed by atoms with Crippen LogP contribution < -0.4 is 5.32 Å². The molecule has 2 aromatic rings. The molecule has 0 saturated carbocycles. The Morgan fingerprint density at radius 1 is 1.15 bits per heavy atom. The molecule has 2 aromatic heterocycles. The van der Waals surface area contributed by atoms with Gasteiger partial charge in [-0.1, -0.05) is 6.07 Å². The zero-order valence-corrected chi connectivity index (χ0v) is 17.0. The largest absolute Gasteiger partial charge is 0.462 e. The molecule has 0 atom stereocenters. The summed E-state index contributed by atoms with van der Waals surface area (Å²) in [4.78, 5) is 38.1. The zero-order valence-electron chi connectivity index (χ0n) is 15.3. The third-order valence-corrected chi connectivity index (χ3v) is 5.56. The highest BCUT2D eigenvalue weighted by atomic mass is 32.1. The molecule has 27 heavy (non-hydrogen) atoms. The first-order valence-corrected chi connectivity index (χ1v) is 9.96. The third-order valence-electron chi connectivity index (χ3n) is 3.50. The lowest BCUT2D eigenvalue weighted by molar-refractivity contribution is -0.115. The van der Waals surface area contributed by atoms with Crippen LogP contribution in [0.2, 0.25) is 0 Å². The second-order valence-electron chi connectivity index (χ2n) is 5.41. The fourth-order valence-corrected chi connectivity index (χ4v) is 4.08. The molecule has 0 aliphatic carbocycles. The van der Waals surface area contributed by atoms with Crippen molar-refractivity contribution >= 4 is 45.5 Å². The van der Waals surface area contributed by atoms with E-state index in [0.717, 1.165) is 16.2 Å². The Hall–Kier alpha value is -2.23. The number of ether oxygens (including phenoxy) is 3. The summed E-state index contributed by atoms with van der Waals surface area (Å²) in [5.41, 5.74) is 0.604. The van der Waals surface area contributed by atoms with Gasteiger partial charge in [0.25, 0.3) is 0 Å². The smallest absolute Gasteiger partial charge is 0.348 e. The molecule has 0 bridgehead atoms. The highest BCUT2D eigenvalue weighted by molar-refractivity contribution is 7.18. The molecule has 2 rings (SSSR count). The van der Waals surface area contributed by atoms with Crippen LogP contribution in [-0.4, -0.2) is 44.8 Å². The average molecular weight is 412 g/mol. The number of carbonyl (C=O) groups is 3. The van der Waals surface area contributed by atoms with Gasteiger partial charge in [0.05, 0.1) is 25.2 Å². The van der Waals surface area contributed by atoms with Crippen molar-refractivity contribution in [2.45, 2.75) is 20.3 Å². The van der Waals surface area contributed by atoms with Gasteiger partial charge in [0.15, 0.2) is 0 Å². The first-order chi connectivity index (χ1) is 13.0. The van der Waals surface area contributed by atoms with Gasteiger partial charge in [-0.2, -0.15) is 0 Å². The van der Waals surface area contributed by atoms with Gasteiger partial charge in [0.1, 0.15) is 16.5 Å². The van der Waals surface area contributed by atoms with Crippen LogP contribution >= 0.6 is 22.7 Å². The van der Waals surface area contributed by atoms with Crippen LogP contribution in [0.25, 0.3) is 0 Å². The maximum atomic E-state index is 12.3. The predicted molar refractivity (Wildman–Crippen MR) is 104 cm³/mol. The summed E-state index contributed by atoms with van der Waals surface area (Å²) < 4.78 is 15.1. The van der Waals surface area contributed by atoms with Crippen molar-refractivity contribution in [1.29, 1.82) is 0 Å². The van der Waals surface area contributed by atoms with Gasteiger partial charge in [0.2, 0.25) is 5.91 Å². The van der Waals surface area contributed by atoms with E-state index < -0.39 is 11.9 Å². The Balaban J connectivity index is 2.24. The van der Waals surface area contributed by atoms with E-state index in [9.17, 15) is 14.4 Å². The summed E-state index contributed by atoms with van der Waals surface area (Å²) in [6, 6.07) is 3.72. The van der Waals surface area contributed by atoms with Gasteiger partial charge < -0.3 is 19.5 Å². The van der Waals surface area contributed by atoms with E-state index in [2.05, 4.69) is 5.32 Å². The normalized spacial score (nSPS) is 10.5. The Kier molecular flexibility index (Phi) is 7.96. The molecule has 0 fully saturated rings. The number of nitrogens with one attached hydrogen (secondary N) is 1. The molecule has 9 heteroatoms. The lowest BCUT2D eigenvalue weighted by atomic mass is 10.1. The number of hydrogen-bond acceptors (Lipinski definition) is 8. The van der Waals surface area contributed by atoms with Crippen molar-refractivity contribution in [3.05, 3.63) is 38.4 Å². The summed E-state index contributed by atoms with van der Waals surface area (Å²) in [6.45, 7) is 3.87. The Bertz CT molecular complexity index is 797. The van der Waals surface area contributed by atoms with Gasteiger partial charge in [-0.3, -0.25) is 4.79 Å². The molecule has 1 amide bonds. The maximum Gasteiger partial charge on any atom is 0.348 e. The molecule has 7 nitrogen and oxygen atoms in total. The Morgan fingerprint density at radius 3 is 2.56 bits per heavy atom. The molecular weight excluding hydrogens is 390 g/mol. The number of hydrogen-bond donors (Lipinski definition) is 1. The molecule has 146 valence electrons. The van der Waals surface area contributed by atoms with E-state index in [4.69, 9.17) is 14.2 Å². The van der Waals surface area contributed by atoms with E-state index in [1.807, 2.05) is 17.5 Å². The van der Waals surface area contributed by atoms with Crippen molar-refractivity contribution in [3.63, 3.8) is 0 Å². The minimum atomic E-state index is -0.589. The number of thiophene rings is 2. The average Bonchev–Trinajstić information content (AvgIpc) is 3.23. The number of methoxy groups -OCH3 is 1. The number of rotatable bonds is 9. The van der Waals surface area contributed by atoms with Crippen LogP contribution in [0.5, 0.6) is 0 Å². The lowest BCUT2D eigenvalue weighted by Gasteiger charge is -2.06. The molecule has 0 unspecified atom stereocenters. The summed E-state index contributed by atoms with van der Waals surface area (Å²) >= 11 is 2.47. The molecular formula is C18H21NO6S2. The summed E-state index contributed by atoms with van der Waals surface area (Å²) in [5, 5.41) is 4.89. The van der Waals surface area contributed by atoms with Crippen molar-refractivity contribution in [1.82, 2.24) is 0 Å². The second-order valence-corrected chi connectivity index (χ2v) is 7.47. The monoisotopic (exact) mass is 411 g/mol. The van der Waals surface area contributed by atoms with Crippen molar-refractivity contribution < 1.29 is 28.6 Å². The van der Waals surface area contributed by atoms with E-state index in [-0.39, 0.29) is 47.6 Å². The topological polar surface area (TPSA) is 90.9 Å². The van der Waals surface area contributed by atoms with E-state index in [0.29, 0.717) is 5.56 Å². The van der Waals surface area contributed by atoms with E-state index in [1.54, 1.807) is 13.8 Å². The van der Waals surface area contributed by atoms with Crippen molar-refractivity contribution in [3.8, 4) is 0 Å². The molecule has 0 spiro atoms. The van der Waals surface area contributed by atoms with Crippen LogP contribution in [0.3, 0.4) is 0 Å². The zero-order chi connectivity index (χ0) is 19.8. The molecule has 0 aromatic carbocycles. The molecule has 0 radical (unpaired) electrons.